The molecular formula is C6H4FNO2S. The number of nitrogens with one attached hydrogen (secondary N) is 1. The van der Waals surface area contributed by atoms with E-state index in [4.69, 9.17) is 5.11 Å². The van der Waals surface area contributed by atoms with E-state index in [2.05, 4.69) is 17.2 Å². The highest BCUT2D eigenvalue weighted by atomic mass is 32.1. The van der Waals surface area contributed by atoms with Gasteiger partial charge in [0, 0.05) is 6.20 Å². The molecule has 0 amide bonds. The van der Waals surface area contributed by atoms with Gasteiger partial charge in [-0.1, -0.05) is 12.2 Å². The molecule has 3 nitrogen and oxygen atoms in total. The van der Waals surface area contributed by atoms with Crippen molar-refractivity contribution in [3.05, 3.63) is 28.3 Å². The topological polar surface area (TPSA) is 53.1 Å². The zero-order chi connectivity index (χ0) is 8.43. The van der Waals surface area contributed by atoms with E-state index in [-0.39, 0.29) is 4.64 Å². The third-order valence-corrected chi connectivity index (χ3v) is 1.43. The van der Waals surface area contributed by atoms with Gasteiger partial charge in [-0.25, -0.2) is 9.18 Å². The van der Waals surface area contributed by atoms with Crippen molar-refractivity contribution in [2.24, 2.45) is 0 Å². The second-order valence-corrected chi connectivity index (χ2v) is 2.25. The van der Waals surface area contributed by atoms with Crippen molar-refractivity contribution in [2.45, 2.75) is 0 Å². The van der Waals surface area contributed by atoms with Crippen LogP contribution in [0.3, 0.4) is 0 Å². The molecule has 2 N–H and O–H groups in total. The first-order chi connectivity index (χ1) is 5.13. The van der Waals surface area contributed by atoms with Gasteiger partial charge in [-0.3, -0.25) is 0 Å². The van der Waals surface area contributed by atoms with Gasteiger partial charge in [-0.2, -0.15) is 0 Å². The number of hydrogen-bond donors (Lipinski definition) is 2. The van der Waals surface area contributed by atoms with E-state index >= 15 is 0 Å². The Labute approximate surface area is 66.5 Å². The Morgan fingerprint density at radius 3 is 2.82 bits per heavy atom. The molecule has 0 aliphatic rings. The summed E-state index contributed by atoms with van der Waals surface area (Å²) < 4.78 is 12.5. The minimum Gasteiger partial charge on any atom is -0.478 e. The molecule has 11 heavy (non-hydrogen) atoms. The third kappa shape index (κ3) is 1.43. The maximum absolute atomic E-state index is 12.7. The van der Waals surface area contributed by atoms with E-state index in [1.54, 1.807) is 0 Å². The summed E-state index contributed by atoms with van der Waals surface area (Å²) in [6, 6.07) is 1.12. The predicted molar refractivity (Wildman–Crippen MR) is 38.5 cm³/mol. The SMILES string of the molecule is O=C(O)c1cc[nH]c(=S)c1F. The first-order valence-corrected chi connectivity index (χ1v) is 3.14. The number of carboxylic acids is 1. The lowest BCUT2D eigenvalue weighted by molar-refractivity contribution is 0.0691. The van der Waals surface area contributed by atoms with Crippen molar-refractivity contribution in [3.63, 3.8) is 0 Å². The second-order valence-electron chi connectivity index (χ2n) is 1.84. The highest BCUT2D eigenvalue weighted by Crippen LogP contribution is 2.05. The quantitative estimate of drug-likeness (QED) is 0.634. The Morgan fingerprint density at radius 1 is 1.73 bits per heavy atom. The summed E-state index contributed by atoms with van der Waals surface area (Å²) in [7, 11) is 0. The van der Waals surface area contributed by atoms with Crippen molar-refractivity contribution >= 4 is 18.2 Å². The summed E-state index contributed by atoms with van der Waals surface area (Å²) in [4.78, 5) is 12.6. The number of aromatic nitrogens is 1. The zero-order valence-corrected chi connectivity index (χ0v) is 6.11. The number of carboxylic acid groups (broad SMARTS) is 1. The van der Waals surface area contributed by atoms with Crippen LogP contribution in [0.5, 0.6) is 0 Å². The molecule has 1 aromatic heterocycles. The first kappa shape index (κ1) is 7.87. The van der Waals surface area contributed by atoms with E-state index in [1.807, 2.05) is 0 Å². The van der Waals surface area contributed by atoms with E-state index < -0.39 is 17.3 Å². The van der Waals surface area contributed by atoms with Crippen molar-refractivity contribution in [1.82, 2.24) is 4.98 Å². The number of aromatic amines is 1. The highest BCUT2D eigenvalue weighted by Gasteiger charge is 2.09. The molecule has 1 heterocycles. The molecule has 0 saturated heterocycles. The fourth-order valence-electron chi connectivity index (χ4n) is 0.625. The van der Waals surface area contributed by atoms with Gasteiger partial charge in [0.2, 0.25) is 0 Å². The lowest BCUT2D eigenvalue weighted by Crippen LogP contribution is -2.01. The van der Waals surface area contributed by atoms with E-state index in [0.717, 1.165) is 6.07 Å². The monoisotopic (exact) mass is 173 g/mol. The minimum atomic E-state index is -1.32. The third-order valence-electron chi connectivity index (χ3n) is 1.13. The Balaban J connectivity index is 3.39. The van der Waals surface area contributed by atoms with E-state index in [9.17, 15) is 9.18 Å². The fourth-order valence-corrected chi connectivity index (χ4v) is 0.803. The summed E-state index contributed by atoms with van der Waals surface area (Å²) in [6.45, 7) is 0. The molecule has 0 saturated carbocycles. The summed E-state index contributed by atoms with van der Waals surface area (Å²) in [5.41, 5.74) is -0.409. The first-order valence-electron chi connectivity index (χ1n) is 2.73. The number of H-pyrrole nitrogens is 1. The minimum absolute atomic E-state index is 0.190. The standard InChI is InChI=1S/C6H4FNO2S/c7-4-3(6(9)10)1-2-8-5(4)11/h1-2H,(H,8,11)(H,9,10). The van der Waals surface area contributed by atoms with Crippen LogP contribution in [0.1, 0.15) is 10.4 Å². The Kier molecular flexibility index (Phi) is 2.00. The summed E-state index contributed by atoms with van der Waals surface area (Å²) >= 11 is 4.47. The maximum atomic E-state index is 12.7. The Bertz CT molecular complexity index is 347. The predicted octanol–water partition coefficient (Wildman–Crippen LogP) is 1.58. The molecular weight excluding hydrogens is 169 g/mol. The normalized spacial score (nSPS) is 9.55. The molecule has 5 heteroatoms. The van der Waals surface area contributed by atoms with Gasteiger partial charge in [-0.15, -0.1) is 0 Å². The van der Waals surface area contributed by atoms with Crippen molar-refractivity contribution in [2.75, 3.05) is 0 Å². The average Bonchev–Trinajstić information content (AvgIpc) is 1.94. The fraction of sp³-hybridized carbons (Fsp3) is 0. The van der Waals surface area contributed by atoms with Crippen LogP contribution in [-0.2, 0) is 0 Å². The molecule has 0 aliphatic heterocycles. The smallest absolute Gasteiger partial charge is 0.338 e. The molecule has 0 bridgehead atoms. The van der Waals surface area contributed by atoms with Gasteiger partial charge < -0.3 is 10.1 Å². The Hall–Kier alpha value is -1.23. The lowest BCUT2D eigenvalue weighted by Gasteiger charge is -1.94. The molecule has 0 fully saturated rings. The average molecular weight is 173 g/mol. The number of halogens is 1. The van der Waals surface area contributed by atoms with Crippen LogP contribution < -0.4 is 0 Å². The Morgan fingerprint density at radius 2 is 2.36 bits per heavy atom. The second kappa shape index (κ2) is 2.79. The van der Waals surface area contributed by atoms with Gasteiger partial charge in [0.05, 0.1) is 5.56 Å². The molecule has 58 valence electrons. The van der Waals surface area contributed by atoms with Crippen LogP contribution in [0.15, 0.2) is 12.3 Å². The van der Waals surface area contributed by atoms with Crippen LogP contribution >= 0.6 is 12.2 Å². The van der Waals surface area contributed by atoms with Gasteiger partial charge in [0.1, 0.15) is 4.64 Å². The number of rotatable bonds is 1. The van der Waals surface area contributed by atoms with Gasteiger partial charge >= 0.3 is 5.97 Å². The van der Waals surface area contributed by atoms with Crippen LogP contribution in [0, 0.1) is 10.5 Å². The molecule has 1 aromatic rings. The number of carbonyl (C=O) groups is 1. The van der Waals surface area contributed by atoms with E-state index in [0.29, 0.717) is 0 Å². The van der Waals surface area contributed by atoms with Crippen LogP contribution in [-0.4, -0.2) is 16.1 Å². The van der Waals surface area contributed by atoms with Crippen LogP contribution in [0.2, 0.25) is 0 Å². The van der Waals surface area contributed by atoms with Crippen LogP contribution in [0.4, 0.5) is 4.39 Å². The molecule has 0 atom stereocenters. The zero-order valence-electron chi connectivity index (χ0n) is 5.30. The van der Waals surface area contributed by atoms with Crippen molar-refractivity contribution in [3.8, 4) is 0 Å². The number of pyridine rings is 1. The summed E-state index contributed by atoms with van der Waals surface area (Å²) in [5.74, 6) is -2.21. The summed E-state index contributed by atoms with van der Waals surface area (Å²) in [5, 5.41) is 8.39. The maximum Gasteiger partial charge on any atom is 0.338 e. The molecule has 0 radical (unpaired) electrons. The van der Waals surface area contributed by atoms with Crippen molar-refractivity contribution in [1.29, 1.82) is 0 Å². The molecule has 0 spiro atoms. The molecule has 0 aromatic carbocycles. The van der Waals surface area contributed by atoms with E-state index in [1.165, 1.54) is 6.20 Å². The highest BCUT2D eigenvalue weighted by molar-refractivity contribution is 7.71. The number of aromatic carboxylic acids is 1. The van der Waals surface area contributed by atoms with Crippen molar-refractivity contribution < 1.29 is 14.3 Å². The molecule has 0 unspecified atom stereocenters. The number of hydrogen-bond acceptors (Lipinski definition) is 2. The largest absolute Gasteiger partial charge is 0.478 e. The van der Waals surface area contributed by atoms with Crippen LogP contribution in [0.25, 0.3) is 0 Å². The molecule has 0 aliphatic carbocycles. The molecule has 1 rings (SSSR count). The summed E-state index contributed by atoms with van der Waals surface area (Å²) in [6.07, 6.45) is 1.29. The van der Waals surface area contributed by atoms with Gasteiger partial charge in [-0.05, 0) is 6.07 Å². The van der Waals surface area contributed by atoms with Gasteiger partial charge in [0.15, 0.2) is 5.82 Å². The lowest BCUT2D eigenvalue weighted by atomic mass is 10.3. The van der Waals surface area contributed by atoms with Gasteiger partial charge in [0.25, 0.3) is 0 Å².